The first kappa shape index (κ1) is 24.2. The molecule has 0 amide bonds. The predicted octanol–water partition coefficient (Wildman–Crippen LogP) is 11.5. The Morgan fingerprint density at radius 2 is 1.27 bits per heavy atom. The van der Waals surface area contributed by atoms with Crippen LogP contribution >= 0.6 is 11.3 Å². The van der Waals surface area contributed by atoms with Crippen LogP contribution in [0.4, 0.5) is 0 Å². The lowest BCUT2D eigenvalue weighted by Crippen LogP contribution is -1.98. The van der Waals surface area contributed by atoms with Crippen LogP contribution in [-0.4, -0.2) is 9.55 Å². The number of hydrogen-bond acceptors (Lipinski definition) is 2. The van der Waals surface area contributed by atoms with Crippen molar-refractivity contribution < 1.29 is 0 Å². The van der Waals surface area contributed by atoms with E-state index >= 15 is 0 Å². The maximum absolute atomic E-state index is 4.99. The number of allylic oxidation sites excluding steroid dienone is 1. The number of nitrogens with zero attached hydrogens (tertiary/aromatic N) is 2. The number of aryl methyl sites for hydroxylation is 1. The van der Waals surface area contributed by atoms with Gasteiger partial charge in [-0.05, 0) is 88.0 Å². The first-order valence-electron chi connectivity index (χ1n) is 15.3. The van der Waals surface area contributed by atoms with Gasteiger partial charge in [0, 0.05) is 43.7 Å². The van der Waals surface area contributed by atoms with E-state index in [1.165, 1.54) is 80.3 Å². The molecule has 1 aliphatic rings. The van der Waals surface area contributed by atoms with E-state index in [9.17, 15) is 0 Å². The quantitative estimate of drug-likeness (QED) is 0.187. The molecule has 2 nitrogen and oxygen atoms in total. The maximum Gasteiger partial charge on any atom is 0.0709 e. The molecule has 0 saturated heterocycles. The Kier molecular flexibility index (Phi) is 5.02. The largest absolute Gasteiger partial charge is 0.309 e. The van der Waals surface area contributed by atoms with Crippen molar-refractivity contribution in [3.05, 3.63) is 139 Å². The van der Waals surface area contributed by atoms with Gasteiger partial charge in [-0.3, -0.25) is 4.98 Å². The summed E-state index contributed by atoms with van der Waals surface area (Å²) in [6.45, 7) is 0. The van der Waals surface area contributed by atoms with E-state index in [-0.39, 0.29) is 0 Å². The van der Waals surface area contributed by atoms with Gasteiger partial charge in [-0.15, -0.1) is 11.3 Å². The van der Waals surface area contributed by atoms with Crippen LogP contribution in [0.1, 0.15) is 17.5 Å². The van der Waals surface area contributed by atoms with Crippen molar-refractivity contribution in [3.63, 3.8) is 0 Å². The minimum absolute atomic E-state index is 1.02. The molecule has 0 atom stereocenters. The number of benzene rings is 6. The van der Waals surface area contributed by atoms with Crippen LogP contribution in [0.25, 0.3) is 86.5 Å². The topological polar surface area (TPSA) is 17.8 Å². The van der Waals surface area contributed by atoms with Crippen LogP contribution in [0.5, 0.6) is 0 Å². The van der Waals surface area contributed by atoms with Gasteiger partial charge < -0.3 is 4.57 Å². The fourth-order valence-corrected chi connectivity index (χ4v) is 8.54. The number of hydrogen-bond donors (Lipinski definition) is 0. The molecule has 0 saturated carbocycles. The molecule has 3 heteroatoms. The molecule has 0 N–H and O–H groups in total. The summed E-state index contributed by atoms with van der Waals surface area (Å²) in [6, 6.07) is 42.4. The van der Waals surface area contributed by atoms with E-state index in [1.807, 2.05) is 11.3 Å². The smallest absolute Gasteiger partial charge is 0.0709 e. The van der Waals surface area contributed by atoms with Crippen molar-refractivity contribution >= 4 is 80.9 Å². The molecule has 0 aliphatic heterocycles. The van der Waals surface area contributed by atoms with Crippen LogP contribution in [0.2, 0.25) is 0 Å². The van der Waals surface area contributed by atoms with Crippen LogP contribution in [-0.2, 0) is 6.42 Å². The van der Waals surface area contributed by atoms with E-state index in [2.05, 4.69) is 138 Å². The summed E-state index contributed by atoms with van der Waals surface area (Å²) in [5, 5.41) is 10.5. The Balaban J connectivity index is 1.18. The molecule has 1 aliphatic carbocycles. The molecule has 206 valence electrons. The molecule has 6 aromatic carbocycles. The Bertz CT molecular complexity index is 2620. The normalized spacial score (nSPS) is 13.2. The number of aromatic nitrogens is 2. The van der Waals surface area contributed by atoms with Gasteiger partial charge >= 0.3 is 0 Å². The number of fused-ring (bicyclic) bond motifs is 12. The standard InChI is InChI=1S/C41H26N2S/c1-2-11-29-27(9-1)28-10-3-4-12-30(28)34-21-25(17-19-31(29)34)37-23-36-35-22-26(18-20-40(35)44-41(36)24-42-37)43-38-15-7-5-13-32(38)33-14-6-8-16-39(33)43/h1-2,4-9,11-24H,3,10H2. The first-order chi connectivity index (χ1) is 21.8. The Morgan fingerprint density at radius 1 is 0.568 bits per heavy atom. The summed E-state index contributed by atoms with van der Waals surface area (Å²) >= 11 is 1.82. The molecule has 0 unspecified atom stereocenters. The Hall–Kier alpha value is -5.25. The second-order valence-corrected chi connectivity index (χ2v) is 12.9. The minimum Gasteiger partial charge on any atom is -0.309 e. The van der Waals surface area contributed by atoms with Crippen LogP contribution in [0.15, 0.2) is 128 Å². The molecule has 0 fully saturated rings. The van der Waals surface area contributed by atoms with Crippen molar-refractivity contribution in [2.45, 2.75) is 12.8 Å². The molecule has 0 radical (unpaired) electrons. The van der Waals surface area contributed by atoms with E-state index in [1.54, 1.807) is 0 Å². The number of para-hydroxylation sites is 2. The molecule has 44 heavy (non-hydrogen) atoms. The van der Waals surface area contributed by atoms with Crippen molar-refractivity contribution in [1.29, 1.82) is 0 Å². The molecular formula is C41H26N2S. The van der Waals surface area contributed by atoms with E-state index in [0.29, 0.717) is 0 Å². The predicted molar refractivity (Wildman–Crippen MR) is 189 cm³/mol. The van der Waals surface area contributed by atoms with E-state index in [4.69, 9.17) is 4.98 Å². The summed E-state index contributed by atoms with van der Waals surface area (Å²) in [5.41, 5.74) is 8.66. The third kappa shape index (κ3) is 3.39. The second-order valence-electron chi connectivity index (χ2n) is 11.9. The van der Waals surface area contributed by atoms with Gasteiger partial charge in [0.2, 0.25) is 0 Å². The average molecular weight is 579 g/mol. The summed E-state index contributed by atoms with van der Waals surface area (Å²) in [4.78, 5) is 4.99. The van der Waals surface area contributed by atoms with Crippen molar-refractivity contribution in [1.82, 2.24) is 9.55 Å². The molecule has 0 bridgehead atoms. The van der Waals surface area contributed by atoms with Gasteiger partial charge in [-0.1, -0.05) is 84.9 Å². The first-order valence-corrected chi connectivity index (χ1v) is 16.1. The van der Waals surface area contributed by atoms with Crippen molar-refractivity contribution in [2.24, 2.45) is 0 Å². The van der Waals surface area contributed by atoms with Crippen LogP contribution in [0, 0.1) is 0 Å². The lowest BCUT2D eigenvalue weighted by atomic mass is 9.86. The highest BCUT2D eigenvalue weighted by Crippen LogP contribution is 2.41. The van der Waals surface area contributed by atoms with Gasteiger partial charge in [-0.25, -0.2) is 0 Å². The van der Waals surface area contributed by atoms with E-state index in [0.717, 1.165) is 24.1 Å². The molecular weight excluding hydrogens is 553 g/mol. The summed E-state index contributed by atoms with van der Waals surface area (Å²) in [7, 11) is 0. The molecule has 9 aromatic rings. The zero-order valence-electron chi connectivity index (χ0n) is 23.9. The van der Waals surface area contributed by atoms with Crippen molar-refractivity contribution in [2.75, 3.05) is 0 Å². The van der Waals surface area contributed by atoms with Crippen LogP contribution in [0.3, 0.4) is 0 Å². The maximum atomic E-state index is 4.99. The number of pyridine rings is 1. The summed E-state index contributed by atoms with van der Waals surface area (Å²) in [5.74, 6) is 0. The zero-order valence-corrected chi connectivity index (χ0v) is 24.7. The molecule has 0 spiro atoms. The second kappa shape index (κ2) is 9.12. The highest BCUT2D eigenvalue weighted by molar-refractivity contribution is 7.25. The summed E-state index contributed by atoms with van der Waals surface area (Å²) in [6.07, 6.45) is 8.90. The number of thiophene rings is 1. The Labute approximate surface area is 258 Å². The fourth-order valence-electron chi connectivity index (χ4n) is 7.51. The lowest BCUT2D eigenvalue weighted by Gasteiger charge is -2.18. The zero-order chi connectivity index (χ0) is 28.8. The van der Waals surface area contributed by atoms with Crippen molar-refractivity contribution in [3.8, 4) is 16.9 Å². The molecule has 3 heterocycles. The monoisotopic (exact) mass is 578 g/mol. The van der Waals surface area contributed by atoms with Crippen LogP contribution < -0.4 is 0 Å². The van der Waals surface area contributed by atoms with Gasteiger partial charge in [-0.2, -0.15) is 0 Å². The van der Waals surface area contributed by atoms with Gasteiger partial charge in [0.1, 0.15) is 0 Å². The van der Waals surface area contributed by atoms with E-state index < -0.39 is 0 Å². The fraction of sp³-hybridized carbons (Fsp3) is 0.0488. The minimum atomic E-state index is 1.02. The molecule has 3 aromatic heterocycles. The third-order valence-corrected chi connectivity index (χ3v) is 10.6. The Morgan fingerprint density at radius 3 is 2.09 bits per heavy atom. The van der Waals surface area contributed by atoms with Gasteiger partial charge in [0.05, 0.1) is 21.4 Å². The summed E-state index contributed by atoms with van der Waals surface area (Å²) < 4.78 is 4.91. The lowest BCUT2D eigenvalue weighted by molar-refractivity contribution is 1.00. The molecule has 10 rings (SSSR count). The third-order valence-electron chi connectivity index (χ3n) is 9.50. The highest BCUT2D eigenvalue weighted by Gasteiger charge is 2.17. The highest BCUT2D eigenvalue weighted by atomic mass is 32.1. The van der Waals surface area contributed by atoms with Gasteiger partial charge in [0.25, 0.3) is 0 Å². The number of rotatable bonds is 2. The SMILES string of the molecule is C1=Cc2c(c3ccccc3c3ccc(-c4cc5c(cn4)sc4ccc(-n6c7ccccc7c7ccccc76)cc45)cc23)CC1. The average Bonchev–Trinajstić information content (AvgIpc) is 3.63. The van der Waals surface area contributed by atoms with Gasteiger partial charge in [0.15, 0.2) is 0 Å².